The summed E-state index contributed by atoms with van der Waals surface area (Å²) in [7, 11) is 0. The van der Waals surface area contributed by atoms with Gasteiger partial charge in [0, 0.05) is 6.04 Å². The van der Waals surface area contributed by atoms with Crippen molar-refractivity contribution in [3.05, 3.63) is 6.92 Å². The van der Waals surface area contributed by atoms with Gasteiger partial charge < -0.3 is 10.1 Å². The molecular weight excluding hydrogens is 166 g/mol. The minimum Gasteiger partial charge on any atom is -0.444 e. The first-order valence-electron chi connectivity index (χ1n) is 4.67. The quantitative estimate of drug-likeness (QED) is 0.735. The molecule has 77 valence electrons. The molecule has 0 rings (SSSR count). The molecule has 0 aromatic heterocycles. The fourth-order valence-electron chi connectivity index (χ4n) is 0.853. The third-order valence-electron chi connectivity index (χ3n) is 1.56. The number of amides is 1. The number of hydrogen-bond donors (Lipinski definition) is 1. The molecular formula is C10H20NO2. The van der Waals surface area contributed by atoms with Gasteiger partial charge in [-0.05, 0) is 33.6 Å². The van der Waals surface area contributed by atoms with Gasteiger partial charge in [0.25, 0.3) is 0 Å². The number of hydrogen-bond acceptors (Lipinski definition) is 2. The van der Waals surface area contributed by atoms with Crippen molar-refractivity contribution >= 4 is 6.09 Å². The van der Waals surface area contributed by atoms with Gasteiger partial charge in [-0.25, -0.2) is 4.79 Å². The van der Waals surface area contributed by atoms with E-state index in [1.54, 1.807) is 0 Å². The Kier molecular flexibility index (Phi) is 4.81. The van der Waals surface area contributed by atoms with Crippen molar-refractivity contribution in [2.75, 3.05) is 0 Å². The maximum Gasteiger partial charge on any atom is 0.407 e. The minimum atomic E-state index is -0.427. The second-order valence-corrected chi connectivity index (χ2v) is 4.04. The summed E-state index contributed by atoms with van der Waals surface area (Å²) < 4.78 is 5.09. The van der Waals surface area contributed by atoms with E-state index in [0.717, 1.165) is 6.42 Å². The first-order chi connectivity index (χ1) is 5.89. The highest BCUT2D eigenvalue weighted by Gasteiger charge is 2.17. The molecule has 13 heavy (non-hydrogen) atoms. The van der Waals surface area contributed by atoms with Crippen LogP contribution in [-0.4, -0.2) is 17.7 Å². The molecule has 0 aliphatic heterocycles. The van der Waals surface area contributed by atoms with Gasteiger partial charge in [0.1, 0.15) is 5.60 Å². The number of carbonyl (C=O) groups is 1. The maximum absolute atomic E-state index is 11.2. The zero-order valence-corrected chi connectivity index (χ0v) is 9.02. The molecule has 1 unspecified atom stereocenters. The van der Waals surface area contributed by atoms with Crippen LogP contribution in [0.3, 0.4) is 0 Å². The van der Waals surface area contributed by atoms with Crippen LogP contribution in [0.1, 0.15) is 40.5 Å². The molecule has 0 heterocycles. The summed E-state index contributed by atoms with van der Waals surface area (Å²) in [4.78, 5) is 11.2. The van der Waals surface area contributed by atoms with Crippen molar-refractivity contribution in [2.45, 2.75) is 52.2 Å². The lowest BCUT2D eigenvalue weighted by molar-refractivity contribution is 0.0503. The molecule has 0 aliphatic rings. The lowest BCUT2D eigenvalue weighted by atomic mass is 10.2. The van der Waals surface area contributed by atoms with Gasteiger partial charge in [-0.1, -0.05) is 13.8 Å². The fraction of sp³-hybridized carbons (Fsp3) is 0.800. The van der Waals surface area contributed by atoms with E-state index < -0.39 is 5.60 Å². The first-order valence-corrected chi connectivity index (χ1v) is 4.67. The molecule has 0 spiro atoms. The van der Waals surface area contributed by atoms with E-state index in [1.165, 1.54) is 0 Å². The third-order valence-corrected chi connectivity index (χ3v) is 1.56. The normalized spacial score (nSPS) is 11.5. The molecule has 3 heteroatoms. The van der Waals surface area contributed by atoms with Crippen molar-refractivity contribution in [3.63, 3.8) is 0 Å². The Balaban J connectivity index is 3.86. The Morgan fingerprint density at radius 2 is 2.08 bits per heavy atom. The van der Waals surface area contributed by atoms with Crippen LogP contribution in [0.25, 0.3) is 0 Å². The summed E-state index contributed by atoms with van der Waals surface area (Å²) in [6, 6.07) is 0.120. The van der Waals surface area contributed by atoms with E-state index in [4.69, 9.17) is 4.74 Å². The summed E-state index contributed by atoms with van der Waals surface area (Å²) in [5.41, 5.74) is -0.427. The lowest BCUT2D eigenvalue weighted by Crippen LogP contribution is -2.38. The Morgan fingerprint density at radius 3 is 2.38 bits per heavy atom. The third kappa shape index (κ3) is 6.43. The van der Waals surface area contributed by atoms with Crippen LogP contribution in [0, 0.1) is 6.92 Å². The number of alkyl carbamates (subject to hydrolysis) is 1. The minimum absolute atomic E-state index is 0.120. The summed E-state index contributed by atoms with van der Waals surface area (Å²) in [6.45, 7) is 11.3. The van der Waals surface area contributed by atoms with Crippen LogP contribution in [0.15, 0.2) is 0 Å². The summed E-state index contributed by atoms with van der Waals surface area (Å²) in [5, 5.41) is 2.75. The lowest BCUT2D eigenvalue weighted by Gasteiger charge is -2.22. The van der Waals surface area contributed by atoms with E-state index in [9.17, 15) is 4.79 Å². The first kappa shape index (κ1) is 12.3. The highest BCUT2D eigenvalue weighted by Crippen LogP contribution is 2.07. The zero-order chi connectivity index (χ0) is 10.5. The van der Waals surface area contributed by atoms with E-state index in [-0.39, 0.29) is 12.1 Å². The van der Waals surface area contributed by atoms with Gasteiger partial charge in [-0.3, -0.25) is 0 Å². The van der Waals surface area contributed by atoms with Crippen molar-refractivity contribution in [1.29, 1.82) is 0 Å². The molecule has 0 aliphatic carbocycles. The second kappa shape index (κ2) is 5.10. The number of ether oxygens (including phenoxy) is 1. The van der Waals surface area contributed by atoms with Crippen LogP contribution in [0.5, 0.6) is 0 Å². The molecule has 0 saturated carbocycles. The molecule has 1 atom stereocenters. The highest BCUT2D eigenvalue weighted by molar-refractivity contribution is 5.68. The average Bonchev–Trinajstić information content (AvgIpc) is 1.96. The van der Waals surface area contributed by atoms with Crippen molar-refractivity contribution < 1.29 is 9.53 Å². The van der Waals surface area contributed by atoms with E-state index in [2.05, 4.69) is 12.2 Å². The average molecular weight is 186 g/mol. The molecule has 0 fully saturated rings. The van der Waals surface area contributed by atoms with Crippen LogP contribution in [0.4, 0.5) is 4.79 Å². The van der Waals surface area contributed by atoms with Gasteiger partial charge in [0.05, 0.1) is 0 Å². The molecule has 0 aromatic carbocycles. The summed E-state index contributed by atoms with van der Waals surface area (Å²) in [5.74, 6) is 0. The van der Waals surface area contributed by atoms with Gasteiger partial charge in [-0.2, -0.15) is 0 Å². The second-order valence-electron chi connectivity index (χ2n) is 4.04. The van der Waals surface area contributed by atoms with E-state index in [1.807, 2.05) is 27.7 Å². The standard InChI is InChI=1S/C10H20NO2/c1-6-8(7-2)11-9(12)13-10(3,4)5/h8H,1,6-7H2,2-5H3,(H,11,12). The molecule has 3 nitrogen and oxygen atoms in total. The largest absolute Gasteiger partial charge is 0.444 e. The van der Waals surface area contributed by atoms with Crippen LogP contribution in [0.2, 0.25) is 0 Å². The molecule has 1 amide bonds. The molecule has 1 radical (unpaired) electrons. The predicted molar refractivity (Wildman–Crippen MR) is 53.4 cm³/mol. The maximum atomic E-state index is 11.2. The predicted octanol–water partition coefficient (Wildman–Crippen LogP) is 2.51. The highest BCUT2D eigenvalue weighted by atomic mass is 16.6. The summed E-state index contributed by atoms with van der Waals surface area (Å²) >= 11 is 0. The van der Waals surface area contributed by atoms with Crippen LogP contribution in [-0.2, 0) is 4.74 Å². The fourth-order valence-corrected chi connectivity index (χ4v) is 0.853. The van der Waals surface area contributed by atoms with Crippen molar-refractivity contribution in [1.82, 2.24) is 5.32 Å². The van der Waals surface area contributed by atoms with Crippen LogP contribution >= 0.6 is 0 Å². The molecule has 0 bridgehead atoms. The van der Waals surface area contributed by atoms with Gasteiger partial charge in [0.2, 0.25) is 0 Å². The Bertz CT molecular complexity index is 157. The van der Waals surface area contributed by atoms with Crippen molar-refractivity contribution in [3.8, 4) is 0 Å². The number of carbonyl (C=O) groups excluding carboxylic acids is 1. The Labute approximate surface area is 80.8 Å². The Hall–Kier alpha value is -0.730. The summed E-state index contributed by atoms with van der Waals surface area (Å²) in [6.07, 6.45) is 1.21. The molecule has 1 N–H and O–H groups in total. The van der Waals surface area contributed by atoms with E-state index >= 15 is 0 Å². The Morgan fingerprint density at radius 1 is 1.54 bits per heavy atom. The topological polar surface area (TPSA) is 38.3 Å². The number of nitrogens with one attached hydrogen (secondary N) is 1. The smallest absolute Gasteiger partial charge is 0.407 e. The molecule has 0 saturated heterocycles. The van der Waals surface area contributed by atoms with Crippen molar-refractivity contribution in [2.24, 2.45) is 0 Å². The SMILES string of the molecule is [CH2]CC(CC)NC(=O)OC(C)(C)C. The van der Waals surface area contributed by atoms with Gasteiger partial charge in [-0.15, -0.1) is 0 Å². The van der Waals surface area contributed by atoms with Gasteiger partial charge in [0.15, 0.2) is 0 Å². The number of rotatable bonds is 3. The van der Waals surface area contributed by atoms with Crippen LogP contribution < -0.4 is 5.32 Å². The zero-order valence-electron chi connectivity index (χ0n) is 9.02. The van der Waals surface area contributed by atoms with Gasteiger partial charge >= 0.3 is 6.09 Å². The van der Waals surface area contributed by atoms with E-state index in [0.29, 0.717) is 6.42 Å². The monoisotopic (exact) mass is 186 g/mol. The molecule has 0 aromatic rings.